The minimum atomic E-state index is 0. The van der Waals surface area contributed by atoms with Crippen LogP contribution in [0.15, 0.2) is 47.5 Å². The third-order valence-corrected chi connectivity index (χ3v) is 3.21. The average molecular weight is 441 g/mol. The zero-order valence-corrected chi connectivity index (χ0v) is 16.5. The molecule has 6 heteroatoms. The van der Waals surface area contributed by atoms with E-state index in [1.54, 1.807) is 7.11 Å². The fraction of sp³-hybridized carbons (Fsp3) is 0.278. The molecule has 0 fully saturated rings. The van der Waals surface area contributed by atoms with Gasteiger partial charge in [0, 0.05) is 0 Å². The molecule has 0 bridgehead atoms. The van der Waals surface area contributed by atoms with Crippen molar-refractivity contribution in [3.05, 3.63) is 53.6 Å². The van der Waals surface area contributed by atoms with Crippen LogP contribution in [0.5, 0.6) is 11.5 Å². The molecule has 0 aliphatic heterocycles. The average Bonchev–Trinajstić information content (AvgIpc) is 2.51. The lowest BCUT2D eigenvalue weighted by molar-refractivity contribution is 0.328. The third kappa shape index (κ3) is 6.27. The lowest BCUT2D eigenvalue weighted by atomic mass is 10.1. The summed E-state index contributed by atoms with van der Waals surface area (Å²) in [7, 11) is 1.62. The van der Waals surface area contributed by atoms with Crippen molar-refractivity contribution < 1.29 is 9.47 Å². The highest BCUT2D eigenvalue weighted by atomic mass is 127. The van der Waals surface area contributed by atoms with E-state index in [9.17, 15) is 0 Å². The van der Waals surface area contributed by atoms with Crippen LogP contribution in [-0.2, 0) is 0 Å². The molecule has 2 aromatic rings. The number of anilines is 1. The van der Waals surface area contributed by atoms with E-state index in [1.807, 2.05) is 50.2 Å². The molecule has 0 aromatic heterocycles. The van der Waals surface area contributed by atoms with Gasteiger partial charge in [-0.3, -0.25) is 0 Å². The van der Waals surface area contributed by atoms with Crippen LogP contribution in [0.1, 0.15) is 11.1 Å². The second-order valence-electron chi connectivity index (χ2n) is 5.26. The number of guanidine groups is 1. The number of hydrogen-bond acceptors (Lipinski definition) is 3. The van der Waals surface area contributed by atoms with Gasteiger partial charge in [0.2, 0.25) is 0 Å². The molecule has 0 atom stereocenters. The maximum Gasteiger partial charge on any atom is 0.193 e. The highest BCUT2D eigenvalue weighted by Crippen LogP contribution is 2.22. The quantitative estimate of drug-likeness (QED) is 0.310. The van der Waals surface area contributed by atoms with E-state index in [2.05, 4.69) is 16.4 Å². The highest BCUT2D eigenvalue weighted by Gasteiger charge is 2.02. The molecule has 0 amide bonds. The number of aryl methyl sites for hydroxylation is 2. The molecular formula is C18H24IN3O2. The van der Waals surface area contributed by atoms with Gasteiger partial charge in [-0.15, -0.1) is 24.0 Å². The highest BCUT2D eigenvalue weighted by molar-refractivity contribution is 14.0. The first-order chi connectivity index (χ1) is 11.1. The Labute approximate surface area is 160 Å². The number of aliphatic imine (C=N–C) groups is 1. The summed E-state index contributed by atoms with van der Waals surface area (Å²) < 4.78 is 11.0. The largest absolute Gasteiger partial charge is 0.495 e. The fourth-order valence-corrected chi connectivity index (χ4v) is 2.27. The molecule has 5 nitrogen and oxygen atoms in total. The van der Waals surface area contributed by atoms with Gasteiger partial charge in [0.05, 0.1) is 19.3 Å². The number of benzene rings is 2. The Morgan fingerprint density at radius 3 is 2.46 bits per heavy atom. The summed E-state index contributed by atoms with van der Waals surface area (Å²) in [5.41, 5.74) is 9.03. The molecule has 2 aromatic carbocycles. The molecule has 0 unspecified atom stereocenters. The summed E-state index contributed by atoms with van der Waals surface area (Å²) in [6.45, 7) is 5.04. The Hall–Kier alpha value is -1.96. The Morgan fingerprint density at radius 1 is 1.12 bits per heavy atom. The Bertz CT molecular complexity index is 669. The number of nitrogens with two attached hydrogens (primary N) is 1. The van der Waals surface area contributed by atoms with Crippen LogP contribution in [0.2, 0.25) is 0 Å². The van der Waals surface area contributed by atoms with Crippen LogP contribution in [-0.4, -0.2) is 26.2 Å². The summed E-state index contributed by atoms with van der Waals surface area (Å²) in [6, 6.07) is 13.7. The normalized spacial score (nSPS) is 10.7. The molecule has 0 radical (unpaired) electrons. The van der Waals surface area contributed by atoms with Gasteiger partial charge in [-0.2, -0.15) is 0 Å². The van der Waals surface area contributed by atoms with Crippen molar-refractivity contribution in [1.29, 1.82) is 0 Å². The van der Waals surface area contributed by atoms with E-state index in [-0.39, 0.29) is 24.0 Å². The fourth-order valence-electron chi connectivity index (χ4n) is 2.27. The molecule has 0 saturated carbocycles. The van der Waals surface area contributed by atoms with E-state index in [0.29, 0.717) is 19.1 Å². The molecule has 24 heavy (non-hydrogen) atoms. The number of nitrogens with zero attached hydrogens (tertiary/aromatic N) is 1. The van der Waals surface area contributed by atoms with Crippen LogP contribution < -0.4 is 20.5 Å². The van der Waals surface area contributed by atoms with Crippen molar-refractivity contribution in [3.8, 4) is 11.5 Å². The first-order valence-corrected chi connectivity index (χ1v) is 7.49. The second kappa shape index (κ2) is 10.0. The number of hydrogen-bond donors (Lipinski definition) is 2. The summed E-state index contributed by atoms with van der Waals surface area (Å²) in [5.74, 6) is 1.91. The van der Waals surface area contributed by atoms with Crippen LogP contribution in [0, 0.1) is 13.8 Å². The lowest BCUT2D eigenvalue weighted by Gasteiger charge is -2.10. The molecule has 3 N–H and O–H groups in total. The summed E-state index contributed by atoms with van der Waals surface area (Å²) in [5, 5.41) is 3.03. The van der Waals surface area contributed by atoms with Gasteiger partial charge in [0.1, 0.15) is 18.1 Å². The van der Waals surface area contributed by atoms with Gasteiger partial charge < -0.3 is 20.5 Å². The first-order valence-electron chi connectivity index (χ1n) is 7.49. The van der Waals surface area contributed by atoms with E-state index < -0.39 is 0 Å². The van der Waals surface area contributed by atoms with Crippen LogP contribution >= 0.6 is 24.0 Å². The predicted octanol–water partition coefficient (Wildman–Crippen LogP) is 3.74. The second-order valence-corrected chi connectivity index (χ2v) is 5.26. The van der Waals surface area contributed by atoms with E-state index in [0.717, 1.165) is 17.2 Å². The van der Waals surface area contributed by atoms with Crippen LogP contribution in [0.25, 0.3) is 0 Å². The topological polar surface area (TPSA) is 68.9 Å². The van der Waals surface area contributed by atoms with E-state index in [1.165, 1.54) is 11.1 Å². The molecule has 2 rings (SSSR count). The van der Waals surface area contributed by atoms with E-state index >= 15 is 0 Å². The van der Waals surface area contributed by atoms with Crippen molar-refractivity contribution >= 4 is 35.6 Å². The Kier molecular flexibility index (Phi) is 8.39. The summed E-state index contributed by atoms with van der Waals surface area (Å²) in [6.07, 6.45) is 0. The predicted molar refractivity (Wildman–Crippen MR) is 110 cm³/mol. The maximum atomic E-state index is 5.88. The van der Waals surface area contributed by atoms with Gasteiger partial charge in [0.25, 0.3) is 0 Å². The number of ether oxygens (including phenoxy) is 2. The molecule has 0 aliphatic carbocycles. The van der Waals surface area contributed by atoms with Gasteiger partial charge in [-0.1, -0.05) is 18.2 Å². The Morgan fingerprint density at radius 2 is 1.79 bits per heavy atom. The van der Waals surface area contributed by atoms with Crippen molar-refractivity contribution in [1.82, 2.24) is 0 Å². The minimum Gasteiger partial charge on any atom is -0.495 e. The van der Waals surface area contributed by atoms with Gasteiger partial charge in [-0.25, -0.2) is 4.99 Å². The number of halogens is 1. The van der Waals surface area contributed by atoms with Crippen LogP contribution in [0.4, 0.5) is 5.69 Å². The number of para-hydroxylation sites is 2. The SMILES string of the molecule is COc1ccccc1NC(N)=NCCOc1cc(C)cc(C)c1.I. The monoisotopic (exact) mass is 441 g/mol. The lowest BCUT2D eigenvalue weighted by Crippen LogP contribution is -2.23. The van der Waals surface area contributed by atoms with Crippen molar-refractivity contribution in [2.45, 2.75) is 13.8 Å². The number of nitrogens with one attached hydrogen (secondary N) is 1. The summed E-state index contributed by atoms with van der Waals surface area (Å²) >= 11 is 0. The smallest absolute Gasteiger partial charge is 0.193 e. The van der Waals surface area contributed by atoms with Crippen molar-refractivity contribution in [2.75, 3.05) is 25.6 Å². The molecule has 0 heterocycles. The zero-order chi connectivity index (χ0) is 16.7. The van der Waals surface area contributed by atoms with Crippen molar-refractivity contribution in [3.63, 3.8) is 0 Å². The number of rotatable bonds is 6. The van der Waals surface area contributed by atoms with Crippen LogP contribution in [0.3, 0.4) is 0 Å². The third-order valence-electron chi connectivity index (χ3n) is 3.21. The molecule has 130 valence electrons. The molecule has 0 aliphatic rings. The van der Waals surface area contributed by atoms with Gasteiger partial charge in [0.15, 0.2) is 5.96 Å². The Balaban J connectivity index is 0.00000288. The minimum absolute atomic E-state index is 0. The molecule has 0 spiro atoms. The van der Waals surface area contributed by atoms with E-state index in [4.69, 9.17) is 15.2 Å². The van der Waals surface area contributed by atoms with Gasteiger partial charge in [-0.05, 0) is 49.2 Å². The number of methoxy groups -OCH3 is 1. The standard InChI is InChI=1S/C18H23N3O2.HI/c1-13-10-14(2)12-15(11-13)23-9-8-20-18(19)21-16-6-4-5-7-17(16)22-3;/h4-7,10-12H,8-9H2,1-3H3,(H3,19,20,21);1H. The molecule has 0 saturated heterocycles. The summed E-state index contributed by atoms with van der Waals surface area (Å²) in [4.78, 5) is 4.26. The zero-order valence-electron chi connectivity index (χ0n) is 14.2. The first kappa shape index (κ1) is 20.1. The maximum absolute atomic E-state index is 5.88. The van der Waals surface area contributed by atoms with Crippen molar-refractivity contribution in [2.24, 2.45) is 10.7 Å². The molecular weight excluding hydrogens is 417 g/mol. The van der Waals surface area contributed by atoms with Gasteiger partial charge >= 0.3 is 0 Å².